The van der Waals surface area contributed by atoms with Crippen molar-refractivity contribution in [3.8, 4) is 11.5 Å². The average Bonchev–Trinajstić information content (AvgIpc) is 2.50. The van der Waals surface area contributed by atoms with E-state index in [1.807, 2.05) is 13.8 Å². The molecule has 21 heavy (non-hydrogen) atoms. The Hall–Kier alpha value is -1.31. The normalized spacial score (nSPS) is 16.7. The summed E-state index contributed by atoms with van der Waals surface area (Å²) in [4.78, 5) is 0.247. The zero-order valence-electron chi connectivity index (χ0n) is 12.5. The first-order chi connectivity index (χ1) is 10.1. The molecular formula is C14H22N2O4S. The number of ether oxygens (including phenoxy) is 2. The molecule has 2 rings (SSSR count). The third-order valence-corrected chi connectivity index (χ3v) is 5.12. The number of piperazine rings is 1. The van der Waals surface area contributed by atoms with Crippen molar-refractivity contribution in [3.05, 3.63) is 18.2 Å². The van der Waals surface area contributed by atoms with Gasteiger partial charge in [-0.1, -0.05) is 0 Å². The lowest BCUT2D eigenvalue weighted by molar-refractivity contribution is 0.286. The summed E-state index contributed by atoms with van der Waals surface area (Å²) in [6.45, 7) is 7.01. The van der Waals surface area contributed by atoms with Crippen molar-refractivity contribution < 1.29 is 17.9 Å². The lowest BCUT2D eigenvalue weighted by atomic mass is 10.3. The standard InChI is InChI=1S/C14H22N2O4S/c1-3-19-13-6-5-12(11-14(13)20-4-2)21(17,18)16-9-7-15-8-10-16/h5-6,11,15H,3-4,7-10H2,1-2H3. The molecule has 1 aliphatic rings. The second-order valence-corrected chi connectivity index (χ2v) is 6.57. The molecule has 0 bridgehead atoms. The zero-order chi connectivity index (χ0) is 15.3. The Bertz CT molecular complexity index is 568. The molecule has 1 aromatic carbocycles. The van der Waals surface area contributed by atoms with Crippen LogP contribution < -0.4 is 14.8 Å². The van der Waals surface area contributed by atoms with E-state index in [4.69, 9.17) is 9.47 Å². The second kappa shape index (κ2) is 7.11. The molecule has 0 radical (unpaired) electrons. The number of rotatable bonds is 6. The molecule has 1 aromatic rings. The Balaban J connectivity index is 2.32. The van der Waals surface area contributed by atoms with E-state index in [0.29, 0.717) is 50.9 Å². The van der Waals surface area contributed by atoms with Crippen molar-refractivity contribution in [2.45, 2.75) is 18.7 Å². The third-order valence-electron chi connectivity index (χ3n) is 3.23. The van der Waals surface area contributed by atoms with Crippen LogP contribution in [-0.4, -0.2) is 52.1 Å². The van der Waals surface area contributed by atoms with Crippen LogP contribution in [0, 0.1) is 0 Å². The van der Waals surface area contributed by atoms with Crippen LogP contribution in [-0.2, 0) is 10.0 Å². The fourth-order valence-electron chi connectivity index (χ4n) is 2.23. The Morgan fingerprint density at radius 3 is 2.33 bits per heavy atom. The number of nitrogens with zero attached hydrogens (tertiary/aromatic N) is 1. The minimum atomic E-state index is -3.48. The highest BCUT2D eigenvalue weighted by Crippen LogP contribution is 2.31. The topological polar surface area (TPSA) is 67.9 Å². The first-order valence-corrected chi connectivity index (χ1v) is 8.64. The molecule has 7 heteroatoms. The van der Waals surface area contributed by atoms with Crippen LogP contribution in [0.3, 0.4) is 0 Å². The highest BCUT2D eigenvalue weighted by molar-refractivity contribution is 7.89. The Labute approximate surface area is 126 Å². The van der Waals surface area contributed by atoms with E-state index in [9.17, 15) is 8.42 Å². The predicted molar refractivity (Wildman–Crippen MR) is 80.4 cm³/mol. The van der Waals surface area contributed by atoms with Gasteiger partial charge in [0, 0.05) is 32.2 Å². The number of benzene rings is 1. The van der Waals surface area contributed by atoms with Crippen LogP contribution in [0.1, 0.15) is 13.8 Å². The van der Waals surface area contributed by atoms with E-state index in [2.05, 4.69) is 5.32 Å². The van der Waals surface area contributed by atoms with Gasteiger partial charge in [-0.2, -0.15) is 4.31 Å². The minimum absolute atomic E-state index is 0.247. The summed E-state index contributed by atoms with van der Waals surface area (Å²) in [5.41, 5.74) is 0. The largest absolute Gasteiger partial charge is 0.490 e. The van der Waals surface area contributed by atoms with Crippen molar-refractivity contribution in [2.75, 3.05) is 39.4 Å². The van der Waals surface area contributed by atoms with Gasteiger partial charge in [-0.3, -0.25) is 0 Å². The number of hydrogen-bond donors (Lipinski definition) is 1. The van der Waals surface area contributed by atoms with Crippen molar-refractivity contribution >= 4 is 10.0 Å². The third kappa shape index (κ3) is 3.66. The van der Waals surface area contributed by atoms with Gasteiger partial charge in [-0.15, -0.1) is 0 Å². The number of sulfonamides is 1. The lowest BCUT2D eigenvalue weighted by Crippen LogP contribution is -2.46. The van der Waals surface area contributed by atoms with E-state index in [1.54, 1.807) is 18.2 Å². The molecular weight excluding hydrogens is 292 g/mol. The summed E-state index contributed by atoms with van der Waals surface area (Å²) in [6, 6.07) is 4.78. The molecule has 118 valence electrons. The molecule has 1 saturated heterocycles. The molecule has 0 aliphatic carbocycles. The van der Waals surface area contributed by atoms with Crippen molar-refractivity contribution in [2.24, 2.45) is 0 Å². The van der Waals surface area contributed by atoms with Crippen LogP contribution in [0.5, 0.6) is 11.5 Å². The van der Waals surface area contributed by atoms with Crippen LogP contribution in [0.2, 0.25) is 0 Å². The molecule has 6 nitrogen and oxygen atoms in total. The molecule has 0 aromatic heterocycles. The van der Waals surface area contributed by atoms with Crippen LogP contribution in [0.4, 0.5) is 0 Å². The van der Waals surface area contributed by atoms with Gasteiger partial charge in [-0.25, -0.2) is 8.42 Å². The molecule has 0 saturated carbocycles. The molecule has 1 fully saturated rings. The van der Waals surface area contributed by atoms with E-state index >= 15 is 0 Å². The van der Waals surface area contributed by atoms with Crippen molar-refractivity contribution in [1.82, 2.24) is 9.62 Å². The first-order valence-electron chi connectivity index (χ1n) is 7.20. The monoisotopic (exact) mass is 314 g/mol. The van der Waals surface area contributed by atoms with Crippen LogP contribution in [0.25, 0.3) is 0 Å². The Morgan fingerprint density at radius 1 is 1.10 bits per heavy atom. The smallest absolute Gasteiger partial charge is 0.243 e. The quantitative estimate of drug-likeness (QED) is 0.851. The first kappa shape index (κ1) is 16.1. The molecule has 1 N–H and O–H groups in total. The molecule has 1 heterocycles. The zero-order valence-corrected chi connectivity index (χ0v) is 13.3. The van der Waals surface area contributed by atoms with Crippen molar-refractivity contribution in [3.63, 3.8) is 0 Å². The lowest BCUT2D eigenvalue weighted by Gasteiger charge is -2.26. The van der Waals surface area contributed by atoms with Gasteiger partial charge >= 0.3 is 0 Å². The number of nitrogens with one attached hydrogen (secondary N) is 1. The minimum Gasteiger partial charge on any atom is -0.490 e. The van der Waals surface area contributed by atoms with Crippen LogP contribution in [0.15, 0.2) is 23.1 Å². The second-order valence-electron chi connectivity index (χ2n) is 4.63. The van der Waals surface area contributed by atoms with Gasteiger partial charge < -0.3 is 14.8 Å². The maximum atomic E-state index is 12.6. The maximum absolute atomic E-state index is 12.6. The summed E-state index contributed by atoms with van der Waals surface area (Å²) in [5, 5.41) is 3.15. The van der Waals surface area contributed by atoms with E-state index in [1.165, 1.54) is 4.31 Å². The highest BCUT2D eigenvalue weighted by Gasteiger charge is 2.26. The molecule has 1 aliphatic heterocycles. The van der Waals surface area contributed by atoms with Gasteiger partial charge in [0.2, 0.25) is 10.0 Å². The van der Waals surface area contributed by atoms with Gasteiger partial charge in [-0.05, 0) is 26.0 Å². The summed E-state index contributed by atoms with van der Waals surface area (Å²) in [7, 11) is -3.48. The molecule has 0 spiro atoms. The van der Waals surface area contributed by atoms with Gasteiger partial charge in [0.15, 0.2) is 11.5 Å². The fraction of sp³-hybridized carbons (Fsp3) is 0.571. The Kier molecular flexibility index (Phi) is 5.44. The summed E-state index contributed by atoms with van der Waals surface area (Å²) in [5.74, 6) is 1.04. The maximum Gasteiger partial charge on any atom is 0.243 e. The summed E-state index contributed by atoms with van der Waals surface area (Å²) < 4.78 is 37.7. The van der Waals surface area contributed by atoms with E-state index in [0.717, 1.165) is 0 Å². The highest BCUT2D eigenvalue weighted by atomic mass is 32.2. The SMILES string of the molecule is CCOc1ccc(S(=O)(=O)N2CCNCC2)cc1OCC. The molecule has 0 unspecified atom stereocenters. The Morgan fingerprint density at radius 2 is 1.71 bits per heavy atom. The van der Waals surface area contributed by atoms with Crippen molar-refractivity contribution in [1.29, 1.82) is 0 Å². The van der Waals surface area contributed by atoms with Gasteiger partial charge in [0.25, 0.3) is 0 Å². The summed E-state index contributed by atoms with van der Waals surface area (Å²) >= 11 is 0. The fourth-order valence-corrected chi connectivity index (χ4v) is 3.68. The predicted octanol–water partition coefficient (Wildman–Crippen LogP) is 1.08. The number of hydrogen-bond acceptors (Lipinski definition) is 5. The van der Waals surface area contributed by atoms with E-state index in [-0.39, 0.29) is 4.90 Å². The molecule has 0 atom stereocenters. The van der Waals surface area contributed by atoms with Crippen LogP contribution >= 0.6 is 0 Å². The van der Waals surface area contributed by atoms with Gasteiger partial charge in [0.1, 0.15) is 0 Å². The van der Waals surface area contributed by atoms with Gasteiger partial charge in [0.05, 0.1) is 18.1 Å². The molecule has 0 amide bonds. The average molecular weight is 314 g/mol. The summed E-state index contributed by atoms with van der Waals surface area (Å²) in [6.07, 6.45) is 0. The van der Waals surface area contributed by atoms with E-state index < -0.39 is 10.0 Å².